The Balaban J connectivity index is 0.00000450. The van der Waals surface area contributed by atoms with Crippen LogP contribution in [0.25, 0.3) is 0 Å². The standard InChI is InChI=1S/C19H24F3N5OS.HI/c1-13(14-7-5-4-6-8-14)25-18(24-11-17(28)27(2)3)23-10-9-16-26-15(12-29-16)19(20,21)22;/h4-8,12-13H,9-11H2,1-3H3,(H2,23,24,25);1H. The second-order valence-electron chi connectivity index (χ2n) is 6.53. The number of hydrogen-bond acceptors (Lipinski definition) is 4. The minimum Gasteiger partial charge on any atom is -0.356 e. The Morgan fingerprint density at radius 3 is 2.50 bits per heavy atom. The van der Waals surface area contributed by atoms with Gasteiger partial charge < -0.3 is 15.5 Å². The fourth-order valence-electron chi connectivity index (χ4n) is 2.31. The number of halogens is 4. The van der Waals surface area contributed by atoms with Gasteiger partial charge in [-0.1, -0.05) is 30.3 Å². The topological polar surface area (TPSA) is 69.6 Å². The first-order valence-electron chi connectivity index (χ1n) is 8.98. The second kappa shape index (κ2) is 12.1. The maximum Gasteiger partial charge on any atom is 0.434 e. The summed E-state index contributed by atoms with van der Waals surface area (Å²) < 4.78 is 38.0. The molecule has 6 nitrogen and oxygen atoms in total. The molecule has 1 unspecified atom stereocenters. The largest absolute Gasteiger partial charge is 0.434 e. The van der Waals surface area contributed by atoms with Crippen molar-refractivity contribution in [3.63, 3.8) is 0 Å². The summed E-state index contributed by atoms with van der Waals surface area (Å²) in [5.41, 5.74) is 0.162. The summed E-state index contributed by atoms with van der Waals surface area (Å²) >= 11 is 0.969. The molecule has 0 aliphatic rings. The summed E-state index contributed by atoms with van der Waals surface area (Å²) in [6.45, 7) is 2.24. The molecule has 2 aromatic rings. The average Bonchev–Trinajstić information content (AvgIpc) is 3.15. The van der Waals surface area contributed by atoms with Crippen molar-refractivity contribution >= 4 is 47.2 Å². The molecule has 0 aliphatic heterocycles. The zero-order valence-electron chi connectivity index (χ0n) is 16.9. The zero-order chi connectivity index (χ0) is 21.4. The molecule has 0 bridgehead atoms. The molecule has 30 heavy (non-hydrogen) atoms. The molecule has 2 rings (SSSR count). The van der Waals surface area contributed by atoms with Crippen LogP contribution in [-0.2, 0) is 17.4 Å². The van der Waals surface area contributed by atoms with E-state index in [1.807, 2.05) is 37.3 Å². The van der Waals surface area contributed by atoms with Crippen LogP contribution in [0.3, 0.4) is 0 Å². The quantitative estimate of drug-likeness (QED) is 0.311. The van der Waals surface area contributed by atoms with E-state index in [-0.39, 0.29) is 42.5 Å². The first-order chi connectivity index (χ1) is 13.7. The van der Waals surface area contributed by atoms with Crippen molar-refractivity contribution in [2.75, 3.05) is 27.2 Å². The van der Waals surface area contributed by atoms with Crippen molar-refractivity contribution in [1.82, 2.24) is 20.5 Å². The van der Waals surface area contributed by atoms with E-state index >= 15 is 0 Å². The molecule has 1 aromatic carbocycles. The van der Waals surface area contributed by atoms with Crippen LogP contribution in [0.15, 0.2) is 40.7 Å². The summed E-state index contributed by atoms with van der Waals surface area (Å²) in [5.74, 6) is 0.248. The van der Waals surface area contributed by atoms with Gasteiger partial charge in [-0.05, 0) is 12.5 Å². The third kappa shape index (κ3) is 8.46. The predicted octanol–water partition coefficient (Wildman–Crippen LogP) is 3.71. The van der Waals surface area contributed by atoms with Crippen LogP contribution in [0, 0.1) is 0 Å². The van der Waals surface area contributed by atoms with Gasteiger partial charge in [0.2, 0.25) is 5.91 Å². The third-order valence-electron chi connectivity index (χ3n) is 4.00. The Labute approximate surface area is 195 Å². The number of carbonyl (C=O) groups excluding carboxylic acids is 1. The number of guanidine groups is 1. The Morgan fingerprint density at radius 2 is 1.93 bits per heavy atom. The van der Waals surface area contributed by atoms with Crippen molar-refractivity contribution < 1.29 is 18.0 Å². The Morgan fingerprint density at radius 1 is 1.27 bits per heavy atom. The molecule has 1 amide bonds. The molecule has 0 aliphatic carbocycles. The van der Waals surface area contributed by atoms with E-state index in [1.165, 1.54) is 4.90 Å². The monoisotopic (exact) mass is 555 g/mol. The number of rotatable bonds is 7. The van der Waals surface area contributed by atoms with Gasteiger partial charge in [0, 0.05) is 32.4 Å². The van der Waals surface area contributed by atoms with Crippen molar-refractivity contribution in [1.29, 1.82) is 0 Å². The lowest BCUT2D eigenvalue weighted by Gasteiger charge is -2.19. The van der Waals surface area contributed by atoms with Gasteiger partial charge in [-0.25, -0.2) is 9.98 Å². The van der Waals surface area contributed by atoms with E-state index in [4.69, 9.17) is 0 Å². The van der Waals surface area contributed by atoms with Gasteiger partial charge in [0.25, 0.3) is 0 Å². The summed E-state index contributed by atoms with van der Waals surface area (Å²) in [6.07, 6.45) is -4.13. The molecular weight excluding hydrogens is 530 g/mol. The Kier molecular flexibility index (Phi) is 10.5. The van der Waals surface area contributed by atoms with Crippen molar-refractivity contribution in [2.24, 2.45) is 4.99 Å². The van der Waals surface area contributed by atoms with Crippen LogP contribution in [0.1, 0.15) is 29.2 Å². The lowest BCUT2D eigenvalue weighted by atomic mass is 10.1. The average molecular weight is 555 g/mol. The number of thiazole rings is 1. The van der Waals surface area contributed by atoms with Crippen LogP contribution in [0.4, 0.5) is 13.2 Å². The molecule has 1 atom stereocenters. The SMILES string of the molecule is CC(NC(=NCC(=O)N(C)C)NCCc1nc(C(F)(F)F)cs1)c1ccccc1.I. The minimum absolute atomic E-state index is 0. The molecule has 11 heteroatoms. The van der Waals surface area contributed by atoms with Gasteiger partial charge in [0.15, 0.2) is 11.7 Å². The highest BCUT2D eigenvalue weighted by atomic mass is 127. The Bertz CT molecular complexity index is 827. The van der Waals surface area contributed by atoms with E-state index < -0.39 is 11.9 Å². The molecule has 0 spiro atoms. The van der Waals surface area contributed by atoms with Gasteiger partial charge in [-0.3, -0.25) is 4.79 Å². The number of amides is 1. The first-order valence-corrected chi connectivity index (χ1v) is 9.86. The fourth-order valence-corrected chi connectivity index (χ4v) is 3.12. The molecule has 1 heterocycles. The number of benzene rings is 1. The smallest absolute Gasteiger partial charge is 0.356 e. The molecule has 0 saturated heterocycles. The minimum atomic E-state index is -4.44. The van der Waals surface area contributed by atoms with Crippen LogP contribution in [0.2, 0.25) is 0 Å². The predicted molar refractivity (Wildman–Crippen MR) is 123 cm³/mol. The number of aliphatic imine (C=N–C) groups is 1. The van der Waals surface area contributed by atoms with Crippen LogP contribution < -0.4 is 10.6 Å². The van der Waals surface area contributed by atoms with E-state index in [0.29, 0.717) is 23.9 Å². The van der Waals surface area contributed by atoms with E-state index in [9.17, 15) is 18.0 Å². The Hall–Kier alpha value is -1.89. The number of nitrogens with one attached hydrogen (secondary N) is 2. The van der Waals surface area contributed by atoms with Crippen LogP contribution in [-0.4, -0.2) is 48.9 Å². The summed E-state index contributed by atoms with van der Waals surface area (Å²) in [5, 5.41) is 7.67. The highest BCUT2D eigenvalue weighted by Crippen LogP contribution is 2.30. The molecular formula is C19H25F3IN5OS. The number of aromatic nitrogens is 1. The molecule has 166 valence electrons. The molecule has 0 fully saturated rings. The summed E-state index contributed by atoms with van der Waals surface area (Å²) in [7, 11) is 3.29. The summed E-state index contributed by atoms with van der Waals surface area (Å²) in [4.78, 5) is 21.2. The van der Waals surface area contributed by atoms with E-state index in [1.54, 1.807) is 14.1 Å². The molecule has 0 saturated carbocycles. The highest BCUT2D eigenvalue weighted by Gasteiger charge is 2.33. The fraction of sp³-hybridized carbons (Fsp3) is 0.421. The number of likely N-dealkylation sites (N-methyl/N-ethyl adjacent to an activating group) is 1. The van der Waals surface area contributed by atoms with Gasteiger partial charge in [-0.2, -0.15) is 13.2 Å². The van der Waals surface area contributed by atoms with Crippen molar-refractivity contribution in [3.05, 3.63) is 52.0 Å². The van der Waals surface area contributed by atoms with Gasteiger partial charge in [-0.15, -0.1) is 35.3 Å². The molecule has 2 N–H and O–H groups in total. The number of alkyl halides is 3. The lowest BCUT2D eigenvalue weighted by molar-refractivity contribution is -0.140. The lowest BCUT2D eigenvalue weighted by Crippen LogP contribution is -2.40. The number of nitrogens with zero attached hydrogens (tertiary/aromatic N) is 3. The van der Waals surface area contributed by atoms with Crippen molar-refractivity contribution in [2.45, 2.75) is 25.6 Å². The summed E-state index contributed by atoms with van der Waals surface area (Å²) in [6, 6.07) is 9.63. The molecule has 1 aromatic heterocycles. The van der Waals surface area contributed by atoms with E-state index in [0.717, 1.165) is 22.3 Å². The maximum absolute atomic E-state index is 12.7. The van der Waals surface area contributed by atoms with Crippen molar-refractivity contribution in [3.8, 4) is 0 Å². The van der Waals surface area contributed by atoms with Crippen LogP contribution >= 0.6 is 35.3 Å². The van der Waals surface area contributed by atoms with Gasteiger partial charge >= 0.3 is 6.18 Å². The molecule has 0 radical (unpaired) electrons. The highest BCUT2D eigenvalue weighted by molar-refractivity contribution is 14.0. The zero-order valence-corrected chi connectivity index (χ0v) is 20.0. The second-order valence-corrected chi connectivity index (χ2v) is 7.47. The van der Waals surface area contributed by atoms with Gasteiger partial charge in [0.05, 0.1) is 11.0 Å². The maximum atomic E-state index is 12.7. The number of hydrogen-bond donors (Lipinski definition) is 2. The first kappa shape index (κ1) is 26.1. The normalized spacial score (nSPS) is 12.7. The third-order valence-corrected chi connectivity index (χ3v) is 4.91. The van der Waals surface area contributed by atoms with Crippen LogP contribution in [0.5, 0.6) is 0 Å². The van der Waals surface area contributed by atoms with E-state index in [2.05, 4.69) is 20.6 Å². The van der Waals surface area contributed by atoms with Gasteiger partial charge in [0.1, 0.15) is 6.54 Å². The number of carbonyl (C=O) groups is 1.